The molecule has 0 unspecified atom stereocenters. The van der Waals surface area contributed by atoms with Crippen LogP contribution in [0.5, 0.6) is 5.75 Å². The van der Waals surface area contributed by atoms with Crippen molar-refractivity contribution >= 4 is 17.4 Å². The number of halogens is 1. The summed E-state index contributed by atoms with van der Waals surface area (Å²) in [5, 5.41) is 13.0. The normalized spacial score (nSPS) is 19.2. The third-order valence-corrected chi connectivity index (χ3v) is 3.84. The Morgan fingerprint density at radius 2 is 1.71 bits per heavy atom. The van der Waals surface area contributed by atoms with Crippen molar-refractivity contribution in [3.8, 4) is 5.75 Å². The first-order valence-electron chi connectivity index (χ1n) is 7.19. The second-order valence-corrected chi connectivity index (χ2v) is 5.28. The van der Waals surface area contributed by atoms with E-state index in [9.17, 15) is 19.1 Å². The maximum absolute atomic E-state index is 13.1. The van der Waals surface area contributed by atoms with Crippen LogP contribution in [0.4, 0.5) is 4.39 Å². The van der Waals surface area contributed by atoms with Crippen LogP contribution in [-0.2, 0) is 9.59 Å². The summed E-state index contributed by atoms with van der Waals surface area (Å²) in [6, 6.07) is 11.0. The number of carbonyl (C=O) groups excluding carboxylic acids is 2. The van der Waals surface area contributed by atoms with Crippen LogP contribution in [0.3, 0.4) is 0 Å². The van der Waals surface area contributed by atoms with Crippen LogP contribution in [0.1, 0.15) is 17.2 Å². The topological polar surface area (TPSA) is 75.6 Å². The van der Waals surface area contributed by atoms with Crippen LogP contribution in [0.25, 0.3) is 5.76 Å². The van der Waals surface area contributed by atoms with E-state index in [-0.39, 0.29) is 11.3 Å². The summed E-state index contributed by atoms with van der Waals surface area (Å²) in [4.78, 5) is 23.9. The lowest BCUT2D eigenvalue weighted by Crippen LogP contribution is -2.21. The van der Waals surface area contributed by atoms with Gasteiger partial charge in [0.05, 0.1) is 18.7 Å². The number of carbonyl (C=O) groups is 2. The fourth-order valence-corrected chi connectivity index (χ4v) is 2.58. The van der Waals surface area contributed by atoms with Crippen LogP contribution < -0.4 is 10.1 Å². The number of aliphatic hydroxyl groups excluding tert-OH is 1. The minimum Gasteiger partial charge on any atom is -0.507 e. The lowest BCUT2D eigenvalue weighted by atomic mass is 9.96. The molecule has 6 heteroatoms. The summed E-state index contributed by atoms with van der Waals surface area (Å²) in [6.07, 6.45) is 0. The molecule has 1 aliphatic heterocycles. The molecule has 0 spiro atoms. The van der Waals surface area contributed by atoms with Gasteiger partial charge in [-0.1, -0.05) is 12.1 Å². The van der Waals surface area contributed by atoms with Crippen molar-refractivity contribution in [2.75, 3.05) is 7.11 Å². The van der Waals surface area contributed by atoms with Gasteiger partial charge in [-0.3, -0.25) is 9.59 Å². The molecule has 1 fully saturated rings. The molecule has 1 aliphatic rings. The predicted octanol–water partition coefficient (Wildman–Crippen LogP) is 2.54. The Morgan fingerprint density at radius 1 is 1.08 bits per heavy atom. The summed E-state index contributed by atoms with van der Waals surface area (Å²) >= 11 is 0. The van der Waals surface area contributed by atoms with E-state index < -0.39 is 23.5 Å². The van der Waals surface area contributed by atoms with Crippen molar-refractivity contribution in [2.45, 2.75) is 6.04 Å². The first-order valence-corrected chi connectivity index (χ1v) is 7.19. The summed E-state index contributed by atoms with van der Waals surface area (Å²) in [7, 11) is 1.51. The Balaban J connectivity index is 2.07. The summed E-state index contributed by atoms with van der Waals surface area (Å²) in [5.74, 6) is -1.75. The van der Waals surface area contributed by atoms with Crippen molar-refractivity contribution in [1.82, 2.24) is 5.32 Å². The highest BCUT2D eigenvalue weighted by atomic mass is 19.1. The number of ether oxygens (including phenoxy) is 1. The molecule has 24 heavy (non-hydrogen) atoms. The summed E-state index contributed by atoms with van der Waals surface area (Å²) < 4.78 is 18.1. The van der Waals surface area contributed by atoms with Gasteiger partial charge in [0.1, 0.15) is 17.3 Å². The molecule has 1 saturated heterocycles. The van der Waals surface area contributed by atoms with E-state index in [0.29, 0.717) is 16.9 Å². The molecule has 0 saturated carbocycles. The molecule has 1 amide bonds. The summed E-state index contributed by atoms with van der Waals surface area (Å²) in [5.41, 5.74) is 0.824. The smallest absolute Gasteiger partial charge is 0.293 e. The number of aliphatic hydroxyl groups is 1. The van der Waals surface area contributed by atoms with Gasteiger partial charge in [-0.2, -0.15) is 0 Å². The average molecular weight is 327 g/mol. The zero-order valence-corrected chi connectivity index (χ0v) is 12.7. The molecule has 1 heterocycles. The van der Waals surface area contributed by atoms with Gasteiger partial charge in [-0.25, -0.2) is 4.39 Å². The van der Waals surface area contributed by atoms with Gasteiger partial charge in [-0.05, 0) is 42.0 Å². The molecule has 0 radical (unpaired) electrons. The van der Waals surface area contributed by atoms with Crippen molar-refractivity contribution < 1.29 is 23.8 Å². The Labute approximate surface area is 137 Å². The zero-order chi connectivity index (χ0) is 17.3. The van der Waals surface area contributed by atoms with Crippen LogP contribution >= 0.6 is 0 Å². The fraction of sp³-hybridized carbons (Fsp3) is 0.111. The molecule has 0 aromatic heterocycles. The molecule has 0 aliphatic carbocycles. The van der Waals surface area contributed by atoms with Gasteiger partial charge in [0, 0.05) is 5.56 Å². The van der Waals surface area contributed by atoms with Crippen molar-refractivity contribution in [3.63, 3.8) is 0 Å². The molecule has 2 aromatic carbocycles. The van der Waals surface area contributed by atoms with Crippen molar-refractivity contribution in [1.29, 1.82) is 0 Å². The molecular formula is C18H14FNO4. The maximum atomic E-state index is 13.1. The Morgan fingerprint density at radius 3 is 2.29 bits per heavy atom. The van der Waals surface area contributed by atoms with Crippen LogP contribution in [-0.4, -0.2) is 23.9 Å². The highest BCUT2D eigenvalue weighted by Crippen LogP contribution is 2.33. The molecule has 1 atom stereocenters. The first kappa shape index (κ1) is 15.7. The Kier molecular flexibility index (Phi) is 4.04. The van der Waals surface area contributed by atoms with E-state index >= 15 is 0 Å². The molecule has 5 nitrogen and oxygen atoms in total. The largest absolute Gasteiger partial charge is 0.507 e. The molecule has 2 N–H and O–H groups in total. The second-order valence-electron chi connectivity index (χ2n) is 5.28. The number of hydrogen-bond acceptors (Lipinski definition) is 4. The lowest BCUT2D eigenvalue weighted by Gasteiger charge is -2.13. The molecule has 0 bridgehead atoms. The lowest BCUT2D eigenvalue weighted by molar-refractivity contribution is -0.133. The number of nitrogens with one attached hydrogen (secondary N) is 1. The molecule has 2 aromatic rings. The molecule has 122 valence electrons. The van der Waals surface area contributed by atoms with Crippen LogP contribution in [0.15, 0.2) is 54.1 Å². The number of methoxy groups -OCH3 is 1. The predicted molar refractivity (Wildman–Crippen MR) is 84.8 cm³/mol. The van der Waals surface area contributed by atoms with E-state index in [1.165, 1.54) is 31.4 Å². The van der Waals surface area contributed by atoms with Gasteiger partial charge in [0.25, 0.3) is 11.7 Å². The number of benzene rings is 2. The van der Waals surface area contributed by atoms with E-state index in [2.05, 4.69) is 5.32 Å². The van der Waals surface area contributed by atoms with Gasteiger partial charge in [-0.15, -0.1) is 0 Å². The number of hydrogen-bond donors (Lipinski definition) is 2. The standard InChI is InChI=1S/C18H14FNO4/c1-24-13-8-4-11(5-9-13)16(21)14-15(20-18(23)17(14)22)10-2-6-12(19)7-3-10/h2-9,15,21H,1H3,(H,20,23)/b16-14+/t15-/m0/s1. The third kappa shape index (κ3) is 2.74. The fourth-order valence-electron chi connectivity index (χ4n) is 2.58. The zero-order valence-electron chi connectivity index (χ0n) is 12.7. The first-order chi connectivity index (χ1) is 11.5. The van der Waals surface area contributed by atoms with Gasteiger partial charge in [0.2, 0.25) is 0 Å². The minimum absolute atomic E-state index is 0.0585. The maximum Gasteiger partial charge on any atom is 0.293 e. The van der Waals surface area contributed by atoms with Crippen molar-refractivity contribution in [3.05, 3.63) is 71.0 Å². The Hall–Kier alpha value is -3.15. The monoisotopic (exact) mass is 327 g/mol. The SMILES string of the molecule is COc1ccc(/C(O)=C2\C(=O)C(=O)N[C@H]2c2ccc(F)cc2)cc1. The van der Waals surface area contributed by atoms with Crippen molar-refractivity contribution in [2.24, 2.45) is 0 Å². The highest BCUT2D eigenvalue weighted by Gasteiger charge is 2.39. The van der Waals surface area contributed by atoms with Gasteiger partial charge in [0.15, 0.2) is 0 Å². The van der Waals surface area contributed by atoms with E-state index in [1.807, 2.05) is 0 Å². The van der Waals surface area contributed by atoms with Gasteiger partial charge >= 0.3 is 0 Å². The minimum atomic E-state index is -0.826. The Bertz CT molecular complexity index is 825. The number of Topliss-reactive ketones (excluding diaryl/α,β-unsaturated/α-hetero) is 1. The molecule has 3 rings (SSSR count). The summed E-state index contributed by atoms with van der Waals surface area (Å²) in [6.45, 7) is 0. The van der Waals surface area contributed by atoms with Gasteiger partial charge < -0.3 is 15.2 Å². The number of rotatable bonds is 3. The highest BCUT2D eigenvalue weighted by molar-refractivity contribution is 6.46. The number of amides is 1. The van der Waals surface area contributed by atoms with E-state index in [0.717, 1.165) is 0 Å². The second kappa shape index (κ2) is 6.16. The van der Waals surface area contributed by atoms with E-state index in [4.69, 9.17) is 4.74 Å². The van der Waals surface area contributed by atoms with Crippen LogP contribution in [0, 0.1) is 5.82 Å². The number of ketones is 1. The third-order valence-electron chi connectivity index (χ3n) is 3.84. The van der Waals surface area contributed by atoms with E-state index in [1.54, 1.807) is 24.3 Å². The molecular weight excluding hydrogens is 313 g/mol. The average Bonchev–Trinajstić information content (AvgIpc) is 2.90. The quantitative estimate of drug-likeness (QED) is 0.516. The van der Waals surface area contributed by atoms with Crippen LogP contribution in [0.2, 0.25) is 0 Å².